The predicted molar refractivity (Wildman–Crippen MR) is 36.8 cm³/mol. The molecular weight excluding hydrogens is 114 g/mol. The van der Waals surface area contributed by atoms with E-state index in [2.05, 4.69) is 5.32 Å². The van der Waals surface area contributed by atoms with E-state index in [1.54, 1.807) is 7.11 Å². The van der Waals surface area contributed by atoms with E-state index in [4.69, 9.17) is 4.74 Å². The summed E-state index contributed by atoms with van der Waals surface area (Å²) in [6.07, 6.45) is 6.02. The summed E-state index contributed by atoms with van der Waals surface area (Å²) in [5, 5.41) is 3.05. The minimum absolute atomic E-state index is 0.0636. The quantitative estimate of drug-likeness (QED) is 0.565. The van der Waals surface area contributed by atoms with Crippen molar-refractivity contribution in [2.24, 2.45) is 0 Å². The van der Waals surface area contributed by atoms with Crippen LogP contribution in [-0.2, 0) is 4.74 Å². The van der Waals surface area contributed by atoms with Crippen LogP contribution < -0.4 is 5.32 Å². The van der Waals surface area contributed by atoms with Gasteiger partial charge in [-0.2, -0.15) is 0 Å². The van der Waals surface area contributed by atoms with Gasteiger partial charge in [0.2, 0.25) is 0 Å². The fourth-order valence-electron chi connectivity index (χ4n) is 0.703. The van der Waals surface area contributed by atoms with Crippen LogP contribution in [0.1, 0.15) is 6.92 Å². The van der Waals surface area contributed by atoms with E-state index in [9.17, 15) is 0 Å². The Balaban J connectivity index is 2.48. The molecule has 1 atom stereocenters. The number of methoxy groups -OCH3 is 1. The van der Waals surface area contributed by atoms with Gasteiger partial charge in [0.25, 0.3) is 0 Å². The van der Waals surface area contributed by atoms with E-state index in [0.717, 1.165) is 0 Å². The highest BCUT2D eigenvalue weighted by Crippen LogP contribution is 2.01. The normalized spacial score (nSPS) is 25.1. The first kappa shape index (κ1) is 6.36. The number of allylic oxidation sites excluding steroid dienone is 2. The number of ether oxygens (including phenoxy) is 1. The third-order valence-corrected chi connectivity index (χ3v) is 1.26. The number of nitrogens with one attached hydrogen (secondary N) is 1. The third-order valence-electron chi connectivity index (χ3n) is 1.26. The summed E-state index contributed by atoms with van der Waals surface area (Å²) in [5.41, 5.74) is 1.23. The smallest absolute Gasteiger partial charge is 0.146 e. The Kier molecular flexibility index (Phi) is 1.90. The van der Waals surface area contributed by atoms with Crippen molar-refractivity contribution in [3.63, 3.8) is 0 Å². The van der Waals surface area contributed by atoms with Gasteiger partial charge in [0.05, 0.1) is 0 Å². The molecule has 0 saturated carbocycles. The first-order valence-electron chi connectivity index (χ1n) is 2.97. The molecule has 0 amide bonds. The van der Waals surface area contributed by atoms with Gasteiger partial charge in [0.1, 0.15) is 6.23 Å². The van der Waals surface area contributed by atoms with Gasteiger partial charge >= 0.3 is 0 Å². The van der Waals surface area contributed by atoms with Crippen LogP contribution in [0.3, 0.4) is 0 Å². The molecule has 0 saturated heterocycles. The molecule has 0 bridgehead atoms. The topological polar surface area (TPSA) is 21.3 Å². The second kappa shape index (κ2) is 2.69. The molecule has 0 spiro atoms. The summed E-state index contributed by atoms with van der Waals surface area (Å²) in [4.78, 5) is 0. The van der Waals surface area contributed by atoms with E-state index in [1.165, 1.54) is 5.57 Å². The maximum Gasteiger partial charge on any atom is 0.146 e. The molecular formula is C7H11NO. The summed E-state index contributed by atoms with van der Waals surface area (Å²) < 4.78 is 5.00. The maximum atomic E-state index is 5.00. The minimum Gasteiger partial charge on any atom is -0.363 e. The van der Waals surface area contributed by atoms with Crippen molar-refractivity contribution in [1.29, 1.82) is 0 Å². The van der Waals surface area contributed by atoms with E-state index < -0.39 is 0 Å². The lowest BCUT2D eigenvalue weighted by Crippen LogP contribution is -2.25. The molecule has 50 valence electrons. The minimum atomic E-state index is 0.0636. The molecule has 0 aromatic carbocycles. The van der Waals surface area contributed by atoms with Gasteiger partial charge < -0.3 is 10.1 Å². The van der Waals surface area contributed by atoms with Crippen LogP contribution in [0.15, 0.2) is 23.9 Å². The van der Waals surface area contributed by atoms with E-state index in [1.807, 2.05) is 25.3 Å². The van der Waals surface area contributed by atoms with Gasteiger partial charge in [-0.1, -0.05) is 6.08 Å². The zero-order chi connectivity index (χ0) is 6.69. The van der Waals surface area contributed by atoms with Crippen molar-refractivity contribution < 1.29 is 4.74 Å². The molecule has 0 aromatic rings. The van der Waals surface area contributed by atoms with Crippen molar-refractivity contribution >= 4 is 0 Å². The molecule has 1 N–H and O–H groups in total. The van der Waals surface area contributed by atoms with Crippen molar-refractivity contribution in [2.75, 3.05) is 7.11 Å². The second-order valence-corrected chi connectivity index (χ2v) is 2.07. The molecule has 0 fully saturated rings. The van der Waals surface area contributed by atoms with E-state index in [0.29, 0.717) is 0 Å². The lowest BCUT2D eigenvalue weighted by atomic mass is 10.2. The molecule has 2 heteroatoms. The van der Waals surface area contributed by atoms with Crippen molar-refractivity contribution in [1.82, 2.24) is 5.32 Å². The first-order chi connectivity index (χ1) is 4.33. The van der Waals surface area contributed by atoms with Crippen LogP contribution in [0, 0.1) is 0 Å². The molecule has 0 radical (unpaired) electrons. The van der Waals surface area contributed by atoms with Gasteiger partial charge in [-0.3, -0.25) is 0 Å². The van der Waals surface area contributed by atoms with E-state index >= 15 is 0 Å². The van der Waals surface area contributed by atoms with Gasteiger partial charge in [-0.15, -0.1) is 0 Å². The van der Waals surface area contributed by atoms with Crippen LogP contribution in [0.4, 0.5) is 0 Å². The highest BCUT2D eigenvalue weighted by molar-refractivity contribution is 5.20. The molecule has 9 heavy (non-hydrogen) atoms. The van der Waals surface area contributed by atoms with Gasteiger partial charge in [-0.05, 0) is 18.6 Å². The second-order valence-electron chi connectivity index (χ2n) is 2.07. The fraction of sp³-hybridized carbons (Fsp3) is 0.429. The predicted octanol–water partition coefficient (Wildman–Crippen LogP) is 1.02. The molecule has 1 rings (SSSR count). The summed E-state index contributed by atoms with van der Waals surface area (Å²) in [7, 11) is 1.68. The van der Waals surface area contributed by atoms with Crippen molar-refractivity contribution in [3.05, 3.63) is 23.9 Å². The Morgan fingerprint density at radius 1 is 1.67 bits per heavy atom. The van der Waals surface area contributed by atoms with Crippen LogP contribution in [-0.4, -0.2) is 13.3 Å². The standard InChI is InChI=1S/C7H11NO/c1-6-3-4-7(9-2)8-5-6/h3-5,7-8H,1-2H3. The van der Waals surface area contributed by atoms with Gasteiger partial charge in [0, 0.05) is 13.3 Å². The van der Waals surface area contributed by atoms with Crippen molar-refractivity contribution in [3.8, 4) is 0 Å². The van der Waals surface area contributed by atoms with Gasteiger partial charge in [-0.25, -0.2) is 0 Å². The zero-order valence-corrected chi connectivity index (χ0v) is 5.72. The van der Waals surface area contributed by atoms with E-state index in [-0.39, 0.29) is 6.23 Å². The average Bonchev–Trinajstić information content (AvgIpc) is 1.90. The molecule has 1 aliphatic heterocycles. The van der Waals surface area contributed by atoms with Crippen molar-refractivity contribution in [2.45, 2.75) is 13.2 Å². The number of rotatable bonds is 1. The Labute approximate surface area is 55.2 Å². The van der Waals surface area contributed by atoms with Crippen LogP contribution in [0.25, 0.3) is 0 Å². The van der Waals surface area contributed by atoms with Crippen LogP contribution in [0.2, 0.25) is 0 Å². The van der Waals surface area contributed by atoms with Gasteiger partial charge in [0.15, 0.2) is 0 Å². The molecule has 2 nitrogen and oxygen atoms in total. The Bertz CT molecular complexity index is 149. The Morgan fingerprint density at radius 3 is 2.89 bits per heavy atom. The third kappa shape index (κ3) is 1.57. The lowest BCUT2D eigenvalue weighted by molar-refractivity contribution is 0.123. The maximum absolute atomic E-state index is 5.00. The monoisotopic (exact) mass is 125 g/mol. The molecule has 1 aliphatic rings. The summed E-state index contributed by atoms with van der Waals surface area (Å²) in [6.45, 7) is 2.04. The molecule has 1 heterocycles. The largest absolute Gasteiger partial charge is 0.363 e. The number of dihydropyridines is 1. The zero-order valence-electron chi connectivity index (χ0n) is 5.72. The summed E-state index contributed by atoms with van der Waals surface area (Å²) in [6, 6.07) is 0. The summed E-state index contributed by atoms with van der Waals surface area (Å²) >= 11 is 0. The van der Waals surface area contributed by atoms with Crippen LogP contribution in [0.5, 0.6) is 0 Å². The lowest BCUT2D eigenvalue weighted by Gasteiger charge is -2.14. The Hall–Kier alpha value is -0.760. The Morgan fingerprint density at radius 2 is 2.44 bits per heavy atom. The molecule has 0 aromatic heterocycles. The van der Waals surface area contributed by atoms with Crippen LogP contribution >= 0.6 is 0 Å². The SMILES string of the molecule is COC1C=CC(C)=CN1. The molecule has 0 aliphatic carbocycles. The highest BCUT2D eigenvalue weighted by Gasteiger charge is 2.00. The first-order valence-corrected chi connectivity index (χ1v) is 2.97. The number of hydrogen-bond acceptors (Lipinski definition) is 2. The average molecular weight is 125 g/mol. The fourth-order valence-corrected chi connectivity index (χ4v) is 0.703. The summed E-state index contributed by atoms with van der Waals surface area (Å²) in [5.74, 6) is 0. The highest BCUT2D eigenvalue weighted by atomic mass is 16.5. The number of hydrogen-bond donors (Lipinski definition) is 1. The molecule has 1 unspecified atom stereocenters.